The minimum Gasteiger partial charge on any atom is -0.309 e. The molecule has 54 valence electrons. The molecule has 0 aromatic carbocycles. The van der Waals surface area contributed by atoms with Gasteiger partial charge in [0.2, 0.25) is 0 Å². The molecule has 9 heavy (non-hydrogen) atoms. The third kappa shape index (κ3) is 5.57. The molecule has 0 aliphatic heterocycles. The van der Waals surface area contributed by atoms with Gasteiger partial charge in [0.15, 0.2) is 0 Å². The van der Waals surface area contributed by atoms with Crippen LogP contribution in [0.5, 0.6) is 0 Å². The highest BCUT2D eigenvalue weighted by Crippen LogP contribution is 2.01. The maximum absolute atomic E-state index is 3.69. The van der Waals surface area contributed by atoms with Gasteiger partial charge in [-0.25, -0.2) is 0 Å². The number of allylic oxidation sites excluding steroid dienone is 1. The molecule has 0 radical (unpaired) electrons. The summed E-state index contributed by atoms with van der Waals surface area (Å²) in [4.78, 5) is 2.20. The lowest BCUT2D eigenvalue weighted by atomic mass is 10.1. The molecular formula is C8H17N. The molecule has 0 rings (SSSR count). The Morgan fingerprint density at radius 1 is 1.56 bits per heavy atom. The minimum absolute atomic E-state index is 0.748. The van der Waals surface area contributed by atoms with Crippen LogP contribution in [-0.2, 0) is 0 Å². The van der Waals surface area contributed by atoms with Gasteiger partial charge in [0.05, 0.1) is 0 Å². The van der Waals surface area contributed by atoms with Gasteiger partial charge in [-0.3, -0.25) is 0 Å². The Hall–Kier alpha value is -0.300. The van der Waals surface area contributed by atoms with Crippen LogP contribution in [0.3, 0.4) is 0 Å². The highest BCUT2D eigenvalue weighted by Gasteiger charge is 1.98. The van der Waals surface area contributed by atoms with E-state index in [1.807, 2.05) is 6.08 Å². The van der Waals surface area contributed by atoms with Crippen LogP contribution in [0, 0.1) is 5.92 Å². The lowest BCUT2D eigenvalue weighted by Gasteiger charge is -2.14. The molecule has 0 aliphatic rings. The SMILES string of the molecule is C=CC[C@@H](C)CN(C)C. The van der Waals surface area contributed by atoms with Crippen LogP contribution in [0.25, 0.3) is 0 Å². The average molecular weight is 127 g/mol. The van der Waals surface area contributed by atoms with E-state index in [0.717, 1.165) is 18.9 Å². The highest BCUT2D eigenvalue weighted by atomic mass is 15.0. The molecule has 0 fully saturated rings. The van der Waals surface area contributed by atoms with E-state index in [4.69, 9.17) is 0 Å². The van der Waals surface area contributed by atoms with Crippen LogP contribution in [0.2, 0.25) is 0 Å². The summed E-state index contributed by atoms with van der Waals surface area (Å²) in [5, 5.41) is 0. The Morgan fingerprint density at radius 2 is 2.11 bits per heavy atom. The third-order valence-corrected chi connectivity index (χ3v) is 1.25. The summed E-state index contributed by atoms with van der Waals surface area (Å²) in [6.07, 6.45) is 3.10. The Kier molecular flexibility index (Phi) is 4.41. The molecule has 0 bridgehead atoms. The average Bonchev–Trinajstić information content (AvgIpc) is 1.63. The molecule has 0 N–H and O–H groups in total. The first-order valence-electron chi connectivity index (χ1n) is 3.42. The van der Waals surface area contributed by atoms with Crippen molar-refractivity contribution in [3.8, 4) is 0 Å². The second-order valence-corrected chi connectivity index (χ2v) is 2.89. The fourth-order valence-corrected chi connectivity index (χ4v) is 0.982. The molecule has 1 nitrogen and oxygen atoms in total. The fraction of sp³-hybridized carbons (Fsp3) is 0.750. The molecule has 0 saturated carbocycles. The van der Waals surface area contributed by atoms with Crippen molar-refractivity contribution in [1.29, 1.82) is 0 Å². The smallest absolute Gasteiger partial charge is 0.000388 e. The van der Waals surface area contributed by atoms with Crippen LogP contribution < -0.4 is 0 Å². The van der Waals surface area contributed by atoms with Gasteiger partial charge < -0.3 is 4.90 Å². The summed E-state index contributed by atoms with van der Waals surface area (Å²) < 4.78 is 0. The van der Waals surface area contributed by atoms with E-state index in [2.05, 4.69) is 32.5 Å². The predicted molar refractivity (Wildman–Crippen MR) is 42.5 cm³/mol. The zero-order valence-corrected chi connectivity index (χ0v) is 6.72. The topological polar surface area (TPSA) is 3.24 Å². The lowest BCUT2D eigenvalue weighted by molar-refractivity contribution is 0.341. The standard InChI is InChI=1S/C8H17N/c1-5-6-8(2)7-9(3)4/h5,8H,1,6-7H2,2-4H3/t8-/m1/s1. The second-order valence-electron chi connectivity index (χ2n) is 2.89. The molecule has 0 unspecified atom stereocenters. The molecule has 0 saturated heterocycles. The Morgan fingerprint density at radius 3 is 2.44 bits per heavy atom. The van der Waals surface area contributed by atoms with E-state index in [-0.39, 0.29) is 0 Å². The van der Waals surface area contributed by atoms with E-state index in [1.54, 1.807) is 0 Å². The van der Waals surface area contributed by atoms with Gasteiger partial charge in [0.1, 0.15) is 0 Å². The maximum atomic E-state index is 3.69. The van der Waals surface area contributed by atoms with E-state index in [9.17, 15) is 0 Å². The molecule has 0 aromatic heterocycles. The van der Waals surface area contributed by atoms with Gasteiger partial charge in [-0.05, 0) is 26.4 Å². The second kappa shape index (κ2) is 4.57. The van der Waals surface area contributed by atoms with Crippen molar-refractivity contribution < 1.29 is 0 Å². The molecule has 0 aliphatic carbocycles. The monoisotopic (exact) mass is 127 g/mol. The number of hydrogen-bond donors (Lipinski definition) is 0. The largest absolute Gasteiger partial charge is 0.309 e. The number of rotatable bonds is 4. The van der Waals surface area contributed by atoms with E-state index in [0.29, 0.717) is 0 Å². The molecule has 0 spiro atoms. The summed E-state index contributed by atoms with van der Waals surface area (Å²) in [5.41, 5.74) is 0. The van der Waals surface area contributed by atoms with Crippen LogP contribution in [0.15, 0.2) is 12.7 Å². The first kappa shape index (κ1) is 8.70. The van der Waals surface area contributed by atoms with Crippen LogP contribution >= 0.6 is 0 Å². The fourth-order valence-electron chi connectivity index (χ4n) is 0.982. The van der Waals surface area contributed by atoms with Crippen molar-refractivity contribution in [1.82, 2.24) is 4.90 Å². The Labute approximate surface area is 58.4 Å². The summed E-state index contributed by atoms with van der Waals surface area (Å²) in [5.74, 6) is 0.748. The van der Waals surface area contributed by atoms with Crippen molar-refractivity contribution >= 4 is 0 Å². The normalized spacial score (nSPS) is 13.8. The van der Waals surface area contributed by atoms with Crippen LogP contribution in [0.4, 0.5) is 0 Å². The van der Waals surface area contributed by atoms with Crippen LogP contribution in [0.1, 0.15) is 13.3 Å². The predicted octanol–water partition coefficient (Wildman–Crippen LogP) is 1.76. The Bertz CT molecular complexity index is 76.6. The highest BCUT2D eigenvalue weighted by molar-refractivity contribution is 4.71. The van der Waals surface area contributed by atoms with Gasteiger partial charge in [0, 0.05) is 6.54 Å². The van der Waals surface area contributed by atoms with E-state index >= 15 is 0 Å². The molecule has 1 heteroatoms. The zero-order chi connectivity index (χ0) is 7.28. The number of hydrogen-bond acceptors (Lipinski definition) is 1. The molecule has 0 amide bonds. The minimum atomic E-state index is 0.748. The van der Waals surface area contributed by atoms with Gasteiger partial charge in [-0.1, -0.05) is 13.0 Å². The van der Waals surface area contributed by atoms with Gasteiger partial charge in [0.25, 0.3) is 0 Å². The third-order valence-electron chi connectivity index (χ3n) is 1.25. The summed E-state index contributed by atoms with van der Waals surface area (Å²) >= 11 is 0. The van der Waals surface area contributed by atoms with E-state index < -0.39 is 0 Å². The van der Waals surface area contributed by atoms with E-state index in [1.165, 1.54) is 0 Å². The molecule has 0 heterocycles. The van der Waals surface area contributed by atoms with Crippen molar-refractivity contribution in [2.24, 2.45) is 5.92 Å². The quantitative estimate of drug-likeness (QED) is 0.520. The first-order valence-corrected chi connectivity index (χ1v) is 3.42. The maximum Gasteiger partial charge on any atom is 0.000388 e. The van der Waals surface area contributed by atoms with Crippen molar-refractivity contribution in [3.05, 3.63) is 12.7 Å². The summed E-state index contributed by atoms with van der Waals surface area (Å²) in [6, 6.07) is 0. The van der Waals surface area contributed by atoms with Gasteiger partial charge in [-0.2, -0.15) is 0 Å². The summed E-state index contributed by atoms with van der Waals surface area (Å²) in [7, 11) is 4.19. The molecule has 0 aromatic rings. The Balaban J connectivity index is 3.25. The summed E-state index contributed by atoms with van der Waals surface area (Å²) in [6.45, 7) is 7.09. The van der Waals surface area contributed by atoms with Crippen molar-refractivity contribution in [3.63, 3.8) is 0 Å². The molecule has 1 atom stereocenters. The number of nitrogens with zero attached hydrogens (tertiary/aromatic N) is 1. The van der Waals surface area contributed by atoms with Crippen LogP contribution in [-0.4, -0.2) is 25.5 Å². The van der Waals surface area contributed by atoms with Gasteiger partial charge >= 0.3 is 0 Å². The van der Waals surface area contributed by atoms with Crippen molar-refractivity contribution in [2.75, 3.05) is 20.6 Å². The van der Waals surface area contributed by atoms with Gasteiger partial charge in [-0.15, -0.1) is 6.58 Å². The lowest BCUT2D eigenvalue weighted by Crippen LogP contribution is -2.19. The molecular weight excluding hydrogens is 110 g/mol. The zero-order valence-electron chi connectivity index (χ0n) is 6.72. The van der Waals surface area contributed by atoms with Crippen molar-refractivity contribution in [2.45, 2.75) is 13.3 Å². The first-order chi connectivity index (χ1) is 4.16.